The second-order valence-corrected chi connectivity index (χ2v) is 7.14. The van der Waals surface area contributed by atoms with Gasteiger partial charge in [0.2, 0.25) is 0 Å². The van der Waals surface area contributed by atoms with Crippen LogP contribution in [0.25, 0.3) is 6.08 Å². The average molecular weight is 424 g/mol. The Hall–Kier alpha value is -3.32. The van der Waals surface area contributed by atoms with Crippen molar-refractivity contribution in [2.45, 2.75) is 25.9 Å². The molecule has 7 nitrogen and oxygen atoms in total. The predicted molar refractivity (Wildman–Crippen MR) is 120 cm³/mol. The summed E-state index contributed by atoms with van der Waals surface area (Å²) in [7, 11) is 1.55. The number of amides is 2. The summed E-state index contributed by atoms with van der Waals surface area (Å²) in [5.74, 6) is 0.373. The molecule has 2 amide bonds. The summed E-state index contributed by atoms with van der Waals surface area (Å²) in [5, 5.41) is 5.63. The monoisotopic (exact) mass is 424 g/mol. The number of ether oxygens (including phenoxy) is 3. The zero-order chi connectivity index (χ0) is 22.1. The van der Waals surface area contributed by atoms with E-state index in [2.05, 4.69) is 10.6 Å². The summed E-state index contributed by atoms with van der Waals surface area (Å²) in [4.78, 5) is 25.0. The van der Waals surface area contributed by atoms with Crippen LogP contribution in [0.3, 0.4) is 0 Å². The van der Waals surface area contributed by atoms with Crippen molar-refractivity contribution in [2.75, 3.05) is 32.2 Å². The van der Waals surface area contributed by atoms with Gasteiger partial charge < -0.3 is 24.8 Å². The number of carbonyl (C=O) groups excluding carboxylic acids is 2. The number of para-hydroxylation sites is 1. The molecule has 0 aromatic heterocycles. The van der Waals surface area contributed by atoms with E-state index < -0.39 is 0 Å². The Morgan fingerprint density at radius 1 is 1.19 bits per heavy atom. The molecule has 31 heavy (non-hydrogen) atoms. The van der Waals surface area contributed by atoms with Gasteiger partial charge >= 0.3 is 0 Å². The Balaban J connectivity index is 1.59. The van der Waals surface area contributed by atoms with Crippen LogP contribution in [0.5, 0.6) is 11.5 Å². The highest BCUT2D eigenvalue weighted by molar-refractivity contribution is 6.04. The highest BCUT2D eigenvalue weighted by atomic mass is 16.5. The Morgan fingerprint density at radius 3 is 2.77 bits per heavy atom. The lowest BCUT2D eigenvalue weighted by molar-refractivity contribution is -0.118. The maximum Gasteiger partial charge on any atom is 0.262 e. The van der Waals surface area contributed by atoms with Gasteiger partial charge in [0.05, 0.1) is 24.5 Å². The number of hydrogen-bond acceptors (Lipinski definition) is 5. The SMILES string of the molecule is C/C=C/c1ccc(OCC(=O)Nc2ccccc2C(=O)NCC2CCCO2)c(OC)c1. The first-order chi connectivity index (χ1) is 15.1. The van der Waals surface area contributed by atoms with Gasteiger partial charge in [-0.25, -0.2) is 0 Å². The fourth-order valence-electron chi connectivity index (χ4n) is 3.33. The van der Waals surface area contributed by atoms with Crippen LogP contribution in [-0.4, -0.2) is 44.8 Å². The van der Waals surface area contributed by atoms with E-state index >= 15 is 0 Å². The first-order valence-electron chi connectivity index (χ1n) is 10.3. The number of anilines is 1. The lowest BCUT2D eigenvalue weighted by atomic mass is 10.1. The molecule has 164 valence electrons. The van der Waals surface area contributed by atoms with Gasteiger partial charge in [0.25, 0.3) is 11.8 Å². The first-order valence-corrected chi connectivity index (χ1v) is 10.3. The first kappa shape index (κ1) is 22.4. The minimum Gasteiger partial charge on any atom is -0.493 e. The molecule has 3 rings (SSSR count). The van der Waals surface area contributed by atoms with Gasteiger partial charge in [0, 0.05) is 13.2 Å². The molecule has 2 aromatic carbocycles. The minimum atomic E-state index is -0.376. The van der Waals surface area contributed by atoms with Gasteiger partial charge in [0.1, 0.15) is 0 Å². The van der Waals surface area contributed by atoms with Crippen molar-refractivity contribution >= 4 is 23.6 Å². The van der Waals surface area contributed by atoms with Gasteiger partial charge in [-0.15, -0.1) is 0 Å². The molecule has 1 atom stereocenters. The number of hydrogen-bond donors (Lipinski definition) is 2. The van der Waals surface area contributed by atoms with Crippen LogP contribution in [0.15, 0.2) is 48.5 Å². The Labute approximate surface area is 182 Å². The molecule has 0 aliphatic carbocycles. The topological polar surface area (TPSA) is 85.9 Å². The van der Waals surface area contributed by atoms with Crippen molar-refractivity contribution in [1.29, 1.82) is 0 Å². The zero-order valence-electron chi connectivity index (χ0n) is 17.9. The molecule has 0 radical (unpaired) electrons. The van der Waals surface area contributed by atoms with E-state index in [0.29, 0.717) is 29.3 Å². The smallest absolute Gasteiger partial charge is 0.262 e. The number of allylic oxidation sites excluding steroid dienone is 1. The highest BCUT2D eigenvalue weighted by Gasteiger charge is 2.18. The van der Waals surface area contributed by atoms with Crippen LogP contribution in [0.2, 0.25) is 0 Å². The van der Waals surface area contributed by atoms with Crippen molar-refractivity contribution in [1.82, 2.24) is 5.32 Å². The Morgan fingerprint density at radius 2 is 2.03 bits per heavy atom. The van der Waals surface area contributed by atoms with Crippen molar-refractivity contribution in [3.05, 3.63) is 59.7 Å². The number of methoxy groups -OCH3 is 1. The molecule has 2 N–H and O–H groups in total. The standard InChI is InChI=1S/C24H28N2O5/c1-3-7-17-11-12-21(22(14-17)29-2)31-16-23(27)26-20-10-5-4-9-19(20)24(28)25-15-18-8-6-13-30-18/h3-5,7,9-12,14,18H,6,8,13,15-16H2,1-2H3,(H,25,28)(H,26,27)/b7-3+. The summed E-state index contributed by atoms with van der Waals surface area (Å²) in [6, 6.07) is 12.3. The molecule has 1 unspecified atom stereocenters. The lowest BCUT2D eigenvalue weighted by Crippen LogP contribution is -2.32. The number of carbonyl (C=O) groups is 2. The van der Waals surface area contributed by atoms with Crippen molar-refractivity contribution in [3.8, 4) is 11.5 Å². The van der Waals surface area contributed by atoms with Gasteiger partial charge in [-0.3, -0.25) is 9.59 Å². The van der Waals surface area contributed by atoms with E-state index in [4.69, 9.17) is 14.2 Å². The summed E-state index contributed by atoms with van der Waals surface area (Å²) in [6.45, 7) is 2.90. The number of benzene rings is 2. The fraction of sp³-hybridized carbons (Fsp3) is 0.333. The van der Waals surface area contributed by atoms with E-state index in [0.717, 1.165) is 25.0 Å². The van der Waals surface area contributed by atoms with E-state index in [9.17, 15) is 9.59 Å². The molecule has 1 aliphatic rings. The second kappa shape index (κ2) is 11.2. The van der Waals surface area contributed by atoms with Crippen molar-refractivity contribution in [2.24, 2.45) is 0 Å². The van der Waals surface area contributed by atoms with E-state index in [1.54, 1.807) is 37.4 Å². The average Bonchev–Trinajstić information content (AvgIpc) is 3.31. The van der Waals surface area contributed by atoms with Crippen LogP contribution >= 0.6 is 0 Å². The van der Waals surface area contributed by atoms with Crippen LogP contribution in [-0.2, 0) is 9.53 Å². The molecule has 1 heterocycles. The van der Waals surface area contributed by atoms with E-state index in [1.165, 1.54) is 0 Å². The summed E-state index contributed by atoms with van der Waals surface area (Å²) in [5.41, 5.74) is 1.79. The molecule has 1 fully saturated rings. The maximum absolute atomic E-state index is 12.6. The van der Waals surface area contributed by atoms with Crippen LogP contribution in [0, 0.1) is 0 Å². The summed E-state index contributed by atoms with van der Waals surface area (Å²) < 4.78 is 16.5. The van der Waals surface area contributed by atoms with E-state index in [1.807, 2.05) is 31.2 Å². The third-order valence-electron chi connectivity index (χ3n) is 4.87. The quantitative estimate of drug-likeness (QED) is 0.642. The normalized spacial score (nSPS) is 15.6. The maximum atomic E-state index is 12.6. The van der Waals surface area contributed by atoms with Gasteiger partial charge in [0.15, 0.2) is 18.1 Å². The third kappa shape index (κ3) is 6.33. The van der Waals surface area contributed by atoms with Crippen LogP contribution in [0.4, 0.5) is 5.69 Å². The molecule has 2 aromatic rings. The largest absolute Gasteiger partial charge is 0.493 e. The molecule has 1 saturated heterocycles. The summed E-state index contributed by atoms with van der Waals surface area (Å²) >= 11 is 0. The fourth-order valence-corrected chi connectivity index (χ4v) is 3.33. The van der Waals surface area contributed by atoms with Crippen molar-refractivity contribution < 1.29 is 23.8 Å². The molecule has 0 saturated carbocycles. The Bertz CT molecular complexity index is 935. The van der Waals surface area contributed by atoms with Crippen LogP contribution < -0.4 is 20.1 Å². The molecular formula is C24H28N2O5. The van der Waals surface area contributed by atoms with Crippen LogP contribution in [0.1, 0.15) is 35.7 Å². The van der Waals surface area contributed by atoms with Gasteiger partial charge in [-0.1, -0.05) is 30.4 Å². The lowest BCUT2D eigenvalue weighted by Gasteiger charge is -2.14. The summed E-state index contributed by atoms with van der Waals surface area (Å²) in [6.07, 6.45) is 5.87. The predicted octanol–water partition coefficient (Wildman–Crippen LogP) is 3.65. The second-order valence-electron chi connectivity index (χ2n) is 7.14. The van der Waals surface area contributed by atoms with E-state index in [-0.39, 0.29) is 24.5 Å². The number of nitrogens with one attached hydrogen (secondary N) is 2. The molecular weight excluding hydrogens is 396 g/mol. The third-order valence-corrected chi connectivity index (χ3v) is 4.87. The Kier molecular flexibility index (Phi) is 8.06. The molecule has 1 aliphatic heterocycles. The highest BCUT2D eigenvalue weighted by Crippen LogP contribution is 2.28. The molecule has 0 spiro atoms. The number of rotatable bonds is 9. The van der Waals surface area contributed by atoms with Gasteiger partial charge in [-0.2, -0.15) is 0 Å². The molecule has 7 heteroatoms. The zero-order valence-corrected chi connectivity index (χ0v) is 17.9. The molecule has 0 bridgehead atoms. The van der Waals surface area contributed by atoms with Gasteiger partial charge in [-0.05, 0) is 49.6 Å². The van der Waals surface area contributed by atoms with Crippen molar-refractivity contribution in [3.63, 3.8) is 0 Å². The minimum absolute atomic E-state index is 0.0493.